The first kappa shape index (κ1) is 13.3. The zero-order chi connectivity index (χ0) is 13.0. The minimum atomic E-state index is 0.168. The van der Waals surface area contributed by atoms with Gasteiger partial charge in [-0.3, -0.25) is 4.79 Å². The number of carbonyl (C=O) groups is 1. The Morgan fingerprint density at radius 1 is 1.39 bits per heavy atom. The number of hydrogen-bond donors (Lipinski definition) is 1. The van der Waals surface area contributed by atoms with Gasteiger partial charge in [-0.1, -0.05) is 0 Å². The molecule has 4 heteroatoms. The van der Waals surface area contributed by atoms with Gasteiger partial charge in [0.25, 0.3) is 5.91 Å². The Morgan fingerprint density at radius 2 is 2.11 bits per heavy atom. The summed E-state index contributed by atoms with van der Waals surface area (Å²) in [5, 5.41) is 3.29. The number of benzene rings is 1. The average molecular weight is 264 g/mol. The van der Waals surface area contributed by atoms with Crippen molar-refractivity contribution < 1.29 is 4.79 Å². The number of amides is 1. The van der Waals surface area contributed by atoms with Crippen molar-refractivity contribution in [3.8, 4) is 0 Å². The molecular formula is C14H20N2OS. The van der Waals surface area contributed by atoms with Gasteiger partial charge in [0.1, 0.15) is 0 Å². The molecule has 0 atom stereocenters. The minimum absolute atomic E-state index is 0.168. The highest BCUT2D eigenvalue weighted by Gasteiger charge is 2.18. The molecule has 3 nitrogen and oxygen atoms in total. The Labute approximate surface area is 113 Å². The van der Waals surface area contributed by atoms with Crippen LogP contribution in [0.25, 0.3) is 0 Å². The number of nitrogens with one attached hydrogen (secondary N) is 1. The highest BCUT2D eigenvalue weighted by molar-refractivity contribution is 7.99. The maximum atomic E-state index is 12.3. The molecular weight excluding hydrogens is 244 g/mol. The number of thioether (sulfide) groups is 1. The summed E-state index contributed by atoms with van der Waals surface area (Å²) in [7, 11) is 0. The number of nitrogens with zero attached hydrogens (tertiary/aromatic N) is 1. The molecule has 0 bridgehead atoms. The summed E-state index contributed by atoms with van der Waals surface area (Å²) < 4.78 is 0. The predicted molar refractivity (Wildman–Crippen MR) is 78.6 cm³/mol. The molecule has 0 aromatic heterocycles. The Hall–Kier alpha value is -1.16. The van der Waals surface area contributed by atoms with Crippen LogP contribution in [0.5, 0.6) is 0 Å². The molecule has 1 aromatic rings. The van der Waals surface area contributed by atoms with E-state index in [1.807, 2.05) is 41.8 Å². The molecule has 1 fully saturated rings. The number of hydrogen-bond acceptors (Lipinski definition) is 3. The Morgan fingerprint density at radius 3 is 2.72 bits per heavy atom. The van der Waals surface area contributed by atoms with Crippen molar-refractivity contribution in [2.75, 3.05) is 36.5 Å². The van der Waals surface area contributed by atoms with E-state index in [0.29, 0.717) is 0 Å². The van der Waals surface area contributed by atoms with Crippen molar-refractivity contribution in [3.05, 3.63) is 29.3 Å². The van der Waals surface area contributed by atoms with E-state index in [1.165, 1.54) is 0 Å². The predicted octanol–water partition coefficient (Wildman–Crippen LogP) is 2.62. The highest BCUT2D eigenvalue weighted by Crippen LogP contribution is 2.19. The monoisotopic (exact) mass is 264 g/mol. The molecule has 1 aliphatic rings. The van der Waals surface area contributed by atoms with E-state index in [1.54, 1.807) is 0 Å². The fourth-order valence-electron chi connectivity index (χ4n) is 2.13. The van der Waals surface area contributed by atoms with Gasteiger partial charge >= 0.3 is 0 Å². The second-order valence-corrected chi connectivity index (χ2v) is 5.69. The van der Waals surface area contributed by atoms with Crippen LogP contribution < -0.4 is 5.32 Å². The van der Waals surface area contributed by atoms with Gasteiger partial charge in [-0.05, 0) is 37.6 Å². The zero-order valence-corrected chi connectivity index (χ0v) is 11.8. The van der Waals surface area contributed by atoms with Gasteiger partial charge in [0.2, 0.25) is 0 Å². The Balaban J connectivity index is 2.12. The van der Waals surface area contributed by atoms with E-state index in [-0.39, 0.29) is 5.91 Å². The van der Waals surface area contributed by atoms with Gasteiger partial charge in [-0.25, -0.2) is 0 Å². The lowest BCUT2D eigenvalue weighted by molar-refractivity contribution is 0.0772. The third-order valence-electron chi connectivity index (χ3n) is 3.14. The van der Waals surface area contributed by atoms with Crippen molar-refractivity contribution >= 4 is 23.4 Å². The van der Waals surface area contributed by atoms with E-state index < -0.39 is 0 Å². The normalized spacial score (nSPS) is 15.6. The third-order valence-corrected chi connectivity index (χ3v) is 4.08. The molecule has 1 N–H and O–H groups in total. The summed E-state index contributed by atoms with van der Waals surface area (Å²) in [6, 6.07) is 5.92. The summed E-state index contributed by atoms with van der Waals surface area (Å²) in [5.41, 5.74) is 3.05. The highest BCUT2D eigenvalue weighted by atomic mass is 32.2. The first-order chi connectivity index (χ1) is 8.72. The first-order valence-electron chi connectivity index (χ1n) is 6.44. The molecule has 1 aliphatic heterocycles. The molecule has 0 radical (unpaired) electrons. The van der Waals surface area contributed by atoms with Crippen LogP contribution in [0.4, 0.5) is 5.69 Å². The SMILES string of the molecule is CCNc1ccc(C(=O)N2CCSCC2)cc1C. The zero-order valence-electron chi connectivity index (χ0n) is 11.0. The molecule has 98 valence electrons. The van der Waals surface area contributed by atoms with Gasteiger partial charge in [-0.15, -0.1) is 0 Å². The number of anilines is 1. The molecule has 0 spiro atoms. The van der Waals surface area contributed by atoms with Crippen LogP contribution in [0.15, 0.2) is 18.2 Å². The molecule has 2 rings (SSSR count). The van der Waals surface area contributed by atoms with Crippen LogP contribution in [-0.4, -0.2) is 41.9 Å². The van der Waals surface area contributed by atoms with Crippen molar-refractivity contribution in [1.82, 2.24) is 4.90 Å². The molecule has 1 saturated heterocycles. The number of rotatable bonds is 3. The average Bonchev–Trinajstić information content (AvgIpc) is 2.41. The van der Waals surface area contributed by atoms with Crippen molar-refractivity contribution in [2.45, 2.75) is 13.8 Å². The van der Waals surface area contributed by atoms with Crippen molar-refractivity contribution in [1.29, 1.82) is 0 Å². The topological polar surface area (TPSA) is 32.3 Å². The molecule has 0 unspecified atom stereocenters. The maximum Gasteiger partial charge on any atom is 0.253 e. The first-order valence-corrected chi connectivity index (χ1v) is 7.59. The lowest BCUT2D eigenvalue weighted by Gasteiger charge is -2.26. The second-order valence-electron chi connectivity index (χ2n) is 4.46. The lowest BCUT2D eigenvalue weighted by Crippen LogP contribution is -2.37. The fourth-order valence-corrected chi connectivity index (χ4v) is 3.04. The quantitative estimate of drug-likeness (QED) is 0.911. The van der Waals surface area contributed by atoms with E-state index in [0.717, 1.165) is 48.0 Å². The van der Waals surface area contributed by atoms with Crippen LogP contribution in [0.2, 0.25) is 0 Å². The standard InChI is InChI=1S/C14H20N2OS/c1-3-15-13-5-4-12(10-11(13)2)14(17)16-6-8-18-9-7-16/h4-5,10,15H,3,6-9H2,1-2H3. The van der Waals surface area contributed by atoms with Gasteiger partial charge in [0.05, 0.1) is 0 Å². The fraction of sp³-hybridized carbons (Fsp3) is 0.500. The van der Waals surface area contributed by atoms with E-state index in [4.69, 9.17) is 0 Å². The minimum Gasteiger partial charge on any atom is -0.385 e. The van der Waals surface area contributed by atoms with Crippen LogP contribution in [-0.2, 0) is 0 Å². The smallest absolute Gasteiger partial charge is 0.253 e. The molecule has 1 amide bonds. The van der Waals surface area contributed by atoms with E-state index >= 15 is 0 Å². The number of carbonyl (C=O) groups excluding carboxylic acids is 1. The number of aryl methyl sites for hydroxylation is 1. The van der Waals surface area contributed by atoms with E-state index in [2.05, 4.69) is 12.2 Å². The molecule has 0 aliphatic carbocycles. The summed E-state index contributed by atoms with van der Waals surface area (Å²) in [6.45, 7) is 6.76. The molecule has 1 aromatic carbocycles. The van der Waals surface area contributed by atoms with Crippen molar-refractivity contribution in [3.63, 3.8) is 0 Å². The van der Waals surface area contributed by atoms with Crippen molar-refractivity contribution in [2.24, 2.45) is 0 Å². The Bertz CT molecular complexity index is 428. The van der Waals surface area contributed by atoms with Gasteiger partial charge < -0.3 is 10.2 Å². The van der Waals surface area contributed by atoms with Crippen LogP contribution in [0.1, 0.15) is 22.8 Å². The van der Waals surface area contributed by atoms with Crippen LogP contribution >= 0.6 is 11.8 Å². The molecule has 0 saturated carbocycles. The van der Waals surface area contributed by atoms with Gasteiger partial charge in [-0.2, -0.15) is 11.8 Å². The van der Waals surface area contributed by atoms with Crippen LogP contribution in [0.3, 0.4) is 0 Å². The lowest BCUT2D eigenvalue weighted by atomic mass is 10.1. The molecule has 18 heavy (non-hydrogen) atoms. The van der Waals surface area contributed by atoms with Crippen LogP contribution in [0, 0.1) is 6.92 Å². The second kappa shape index (κ2) is 6.14. The van der Waals surface area contributed by atoms with E-state index in [9.17, 15) is 4.79 Å². The summed E-state index contributed by atoms with van der Waals surface area (Å²) >= 11 is 1.92. The summed E-state index contributed by atoms with van der Waals surface area (Å²) in [6.07, 6.45) is 0. The summed E-state index contributed by atoms with van der Waals surface area (Å²) in [5.74, 6) is 2.28. The van der Waals surface area contributed by atoms with Gasteiger partial charge in [0.15, 0.2) is 0 Å². The largest absolute Gasteiger partial charge is 0.385 e. The summed E-state index contributed by atoms with van der Waals surface area (Å²) in [4.78, 5) is 14.3. The Kier molecular flexibility index (Phi) is 4.53. The molecule has 1 heterocycles. The maximum absolute atomic E-state index is 12.3. The third kappa shape index (κ3) is 2.99. The van der Waals surface area contributed by atoms with Gasteiger partial charge in [0, 0.05) is 42.4 Å².